The van der Waals surface area contributed by atoms with Crippen molar-refractivity contribution in [2.24, 2.45) is 0 Å². The van der Waals surface area contributed by atoms with Crippen molar-refractivity contribution in [1.82, 2.24) is 4.90 Å². The summed E-state index contributed by atoms with van der Waals surface area (Å²) in [5.41, 5.74) is 1.37. The second kappa shape index (κ2) is 5.74. The quantitative estimate of drug-likeness (QED) is 0.889. The zero-order chi connectivity index (χ0) is 13.9. The van der Waals surface area contributed by atoms with Crippen molar-refractivity contribution in [3.05, 3.63) is 35.4 Å². The molecular formula is C16H23NO2. The monoisotopic (exact) mass is 261 g/mol. The molecule has 19 heavy (non-hydrogen) atoms. The topological polar surface area (TPSA) is 40.5 Å². The van der Waals surface area contributed by atoms with Gasteiger partial charge in [-0.3, -0.25) is 4.79 Å². The lowest BCUT2D eigenvalue weighted by Crippen LogP contribution is -2.33. The van der Waals surface area contributed by atoms with E-state index in [-0.39, 0.29) is 5.91 Å². The fraction of sp³-hybridized carbons (Fsp3) is 0.562. The summed E-state index contributed by atoms with van der Waals surface area (Å²) in [6, 6.07) is 7.84. The molecule has 1 aromatic rings. The number of hydrogen-bond donors (Lipinski definition) is 1. The highest BCUT2D eigenvalue weighted by Gasteiger charge is 2.27. The average molecular weight is 261 g/mol. The number of benzene rings is 1. The highest BCUT2D eigenvalue weighted by molar-refractivity contribution is 5.94. The fourth-order valence-electron chi connectivity index (χ4n) is 2.53. The van der Waals surface area contributed by atoms with E-state index in [0.29, 0.717) is 13.0 Å². The molecule has 0 bridgehead atoms. The van der Waals surface area contributed by atoms with Crippen LogP contribution in [-0.2, 0) is 6.42 Å². The Kier molecular flexibility index (Phi) is 4.25. The summed E-state index contributed by atoms with van der Waals surface area (Å²) in [5, 5.41) is 10.1. The van der Waals surface area contributed by atoms with Gasteiger partial charge in [0.1, 0.15) is 0 Å². The Morgan fingerprint density at radius 2 is 1.95 bits per heavy atom. The van der Waals surface area contributed by atoms with Crippen molar-refractivity contribution in [2.75, 3.05) is 13.1 Å². The Morgan fingerprint density at radius 1 is 1.26 bits per heavy atom. The van der Waals surface area contributed by atoms with Crippen LogP contribution in [0.4, 0.5) is 0 Å². The van der Waals surface area contributed by atoms with Crippen molar-refractivity contribution >= 4 is 5.91 Å². The molecule has 1 fully saturated rings. The Labute approximate surface area is 115 Å². The van der Waals surface area contributed by atoms with Crippen molar-refractivity contribution in [2.45, 2.75) is 45.1 Å². The summed E-state index contributed by atoms with van der Waals surface area (Å²) < 4.78 is 0. The first-order valence-corrected chi connectivity index (χ1v) is 7.12. The first kappa shape index (κ1) is 14.1. The molecule has 0 radical (unpaired) electrons. The Morgan fingerprint density at radius 3 is 2.58 bits per heavy atom. The van der Waals surface area contributed by atoms with E-state index in [1.54, 1.807) is 0 Å². The van der Waals surface area contributed by atoms with E-state index in [1.807, 2.05) is 36.1 Å². The van der Waals surface area contributed by atoms with Gasteiger partial charge in [0, 0.05) is 18.7 Å². The van der Waals surface area contributed by atoms with Gasteiger partial charge >= 0.3 is 0 Å². The summed E-state index contributed by atoms with van der Waals surface area (Å²) >= 11 is 0. The number of carbonyl (C=O) groups excluding carboxylic acids is 1. The summed E-state index contributed by atoms with van der Waals surface area (Å²) in [7, 11) is 0. The molecule has 3 nitrogen and oxygen atoms in total. The van der Waals surface area contributed by atoms with Gasteiger partial charge < -0.3 is 10.0 Å². The SMILES string of the molecule is CCc1ccc(C(=O)N2CCCC(C)(O)CC2)cc1. The maximum Gasteiger partial charge on any atom is 0.253 e. The molecule has 0 saturated carbocycles. The second-order valence-electron chi connectivity index (χ2n) is 5.69. The van der Waals surface area contributed by atoms with E-state index in [2.05, 4.69) is 6.92 Å². The lowest BCUT2D eigenvalue weighted by atomic mass is 9.98. The van der Waals surface area contributed by atoms with E-state index in [0.717, 1.165) is 31.4 Å². The molecule has 1 heterocycles. The van der Waals surface area contributed by atoms with Gasteiger partial charge in [0.05, 0.1) is 5.60 Å². The predicted molar refractivity (Wildman–Crippen MR) is 76.2 cm³/mol. The third-order valence-corrected chi connectivity index (χ3v) is 3.96. The van der Waals surface area contributed by atoms with Crippen molar-refractivity contribution in [3.8, 4) is 0 Å². The molecule has 1 aliphatic heterocycles. The smallest absolute Gasteiger partial charge is 0.253 e. The van der Waals surface area contributed by atoms with Gasteiger partial charge in [-0.1, -0.05) is 19.1 Å². The summed E-state index contributed by atoms with van der Waals surface area (Å²) in [4.78, 5) is 14.3. The van der Waals surface area contributed by atoms with Crippen molar-refractivity contribution in [1.29, 1.82) is 0 Å². The third-order valence-electron chi connectivity index (χ3n) is 3.96. The molecule has 1 amide bonds. The minimum absolute atomic E-state index is 0.0837. The number of rotatable bonds is 2. The van der Waals surface area contributed by atoms with Crippen LogP contribution < -0.4 is 0 Å². The molecule has 0 spiro atoms. The van der Waals surface area contributed by atoms with E-state index in [1.165, 1.54) is 5.56 Å². The number of aliphatic hydroxyl groups is 1. The first-order valence-electron chi connectivity index (χ1n) is 7.12. The standard InChI is InChI=1S/C16H23NO2/c1-3-13-5-7-14(8-6-13)15(18)17-11-4-9-16(2,19)10-12-17/h5-8,19H,3-4,9-12H2,1-2H3. The van der Waals surface area contributed by atoms with E-state index >= 15 is 0 Å². The third kappa shape index (κ3) is 3.57. The first-order chi connectivity index (χ1) is 9.02. The van der Waals surface area contributed by atoms with Crippen LogP contribution in [0, 0.1) is 0 Å². The maximum atomic E-state index is 12.4. The Hall–Kier alpha value is -1.35. The number of nitrogens with zero attached hydrogens (tertiary/aromatic N) is 1. The zero-order valence-electron chi connectivity index (χ0n) is 11.9. The highest BCUT2D eigenvalue weighted by atomic mass is 16.3. The molecule has 0 aliphatic carbocycles. The highest BCUT2D eigenvalue weighted by Crippen LogP contribution is 2.22. The van der Waals surface area contributed by atoms with Gasteiger partial charge in [-0.25, -0.2) is 0 Å². The van der Waals surface area contributed by atoms with Crippen molar-refractivity contribution < 1.29 is 9.90 Å². The molecule has 0 aromatic heterocycles. The van der Waals surface area contributed by atoms with Crippen LogP contribution in [0.15, 0.2) is 24.3 Å². The van der Waals surface area contributed by atoms with Gasteiger partial charge in [-0.15, -0.1) is 0 Å². The molecule has 2 rings (SSSR count). The van der Waals surface area contributed by atoms with Crippen LogP contribution in [0.25, 0.3) is 0 Å². The van der Waals surface area contributed by atoms with Crippen LogP contribution in [0.5, 0.6) is 0 Å². The van der Waals surface area contributed by atoms with Crippen LogP contribution in [-0.4, -0.2) is 34.6 Å². The van der Waals surface area contributed by atoms with Crippen LogP contribution in [0.2, 0.25) is 0 Å². The molecule has 3 heteroatoms. The summed E-state index contributed by atoms with van der Waals surface area (Å²) in [6.45, 7) is 5.34. The zero-order valence-corrected chi connectivity index (χ0v) is 11.9. The number of likely N-dealkylation sites (tertiary alicyclic amines) is 1. The average Bonchev–Trinajstić information content (AvgIpc) is 2.59. The second-order valence-corrected chi connectivity index (χ2v) is 5.69. The van der Waals surface area contributed by atoms with E-state index in [4.69, 9.17) is 0 Å². The Bertz CT molecular complexity index is 437. The Balaban J connectivity index is 2.06. The van der Waals surface area contributed by atoms with Gasteiger partial charge in [-0.05, 0) is 50.3 Å². The molecule has 1 saturated heterocycles. The van der Waals surface area contributed by atoms with E-state index in [9.17, 15) is 9.90 Å². The molecule has 1 N–H and O–H groups in total. The van der Waals surface area contributed by atoms with Crippen LogP contribution >= 0.6 is 0 Å². The van der Waals surface area contributed by atoms with Gasteiger partial charge in [0.2, 0.25) is 0 Å². The molecule has 1 aromatic carbocycles. The summed E-state index contributed by atoms with van der Waals surface area (Å²) in [6.07, 6.45) is 3.28. The fourth-order valence-corrected chi connectivity index (χ4v) is 2.53. The minimum atomic E-state index is -0.624. The lowest BCUT2D eigenvalue weighted by molar-refractivity contribution is 0.0438. The van der Waals surface area contributed by atoms with Crippen LogP contribution in [0.1, 0.15) is 49.0 Å². The van der Waals surface area contributed by atoms with Crippen molar-refractivity contribution in [3.63, 3.8) is 0 Å². The molecule has 1 atom stereocenters. The summed E-state index contributed by atoms with van der Waals surface area (Å²) in [5.74, 6) is 0.0837. The molecular weight excluding hydrogens is 238 g/mol. The molecule has 1 unspecified atom stereocenters. The lowest BCUT2D eigenvalue weighted by Gasteiger charge is -2.22. The predicted octanol–water partition coefficient (Wildman–Crippen LogP) is 2.63. The molecule has 104 valence electrons. The minimum Gasteiger partial charge on any atom is -0.390 e. The van der Waals surface area contributed by atoms with Gasteiger partial charge in [0.25, 0.3) is 5.91 Å². The number of aryl methyl sites for hydroxylation is 1. The molecule has 1 aliphatic rings. The largest absolute Gasteiger partial charge is 0.390 e. The van der Waals surface area contributed by atoms with E-state index < -0.39 is 5.60 Å². The number of carbonyl (C=O) groups is 1. The van der Waals surface area contributed by atoms with Gasteiger partial charge in [0.15, 0.2) is 0 Å². The number of amides is 1. The maximum absolute atomic E-state index is 12.4. The number of hydrogen-bond acceptors (Lipinski definition) is 2. The van der Waals surface area contributed by atoms with Gasteiger partial charge in [-0.2, -0.15) is 0 Å². The van der Waals surface area contributed by atoms with Crippen LogP contribution in [0.3, 0.4) is 0 Å². The normalized spacial score (nSPS) is 24.1.